The first kappa shape index (κ1) is 17.9. The molecule has 2 N–H and O–H groups in total. The van der Waals surface area contributed by atoms with Crippen LogP contribution in [0.3, 0.4) is 0 Å². The van der Waals surface area contributed by atoms with Crippen molar-refractivity contribution in [1.29, 1.82) is 0 Å². The number of phenolic OH excluding ortho intramolecular Hbond substituents is 1. The first-order chi connectivity index (χ1) is 11.8. The Hall–Kier alpha value is -0.922. The number of rotatable bonds is 8. The molecule has 2 radical (unpaired) electrons. The standard InChI is InChI=1S/C20H29AsN2O/c21-10-4-2-1-3-5-11-23-12-8-16(9-13-23)19-15-22-20-7-6-17(24)14-18(19)20/h6-7,14-16,22,24H,1-5,8-13H2. The number of H-pyrrole nitrogens is 1. The fraction of sp³-hybridized carbons (Fsp3) is 0.600. The fourth-order valence-corrected chi connectivity index (χ4v) is 4.38. The molecule has 0 amide bonds. The minimum atomic E-state index is 0.364. The molecule has 0 saturated carbocycles. The number of hydrogen-bond donors (Lipinski definition) is 2. The number of unbranched alkanes of at least 4 members (excludes halogenated alkanes) is 4. The molecular weight excluding hydrogens is 359 g/mol. The van der Waals surface area contributed by atoms with E-state index in [1.54, 1.807) is 6.07 Å². The van der Waals surface area contributed by atoms with Crippen LogP contribution in [0.25, 0.3) is 10.9 Å². The minimum Gasteiger partial charge on any atom is -0.0105 e. The summed E-state index contributed by atoms with van der Waals surface area (Å²) in [5.41, 5.74) is 2.52. The van der Waals surface area contributed by atoms with Gasteiger partial charge in [-0.1, -0.05) is 0 Å². The molecule has 2 aromatic rings. The largest absolute Gasteiger partial charge is 0.0105 e. The SMILES string of the molecule is Oc1ccc2[nH]cc(C3CCN(CCCCCCC[As])CC3)c2c1. The number of benzene rings is 1. The maximum atomic E-state index is 9.76. The van der Waals surface area contributed by atoms with E-state index in [2.05, 4.69) is 32.9 Å². The Morgan fingerprint density at radius 2 is 1.83 bits per heavy atom. The third-order valence-electron chi connectivity index (χ3n) is 5.36. The zero-order valence-corrected chi connectivity index (χ0v) is 16.4. The second kappa shape index (κ2) is 8.97. The molecule has 4 heteroatoms. The van der Waals surface area contributed by atoms with E-state index >= 15 is 0 Å². The van der Waals surface area contributed by atoms with Gasteiger partial charge in [-0.05, 0) is 18.2 Å². The van der Waals surface area contributed by atoms with Gasteiger partial charge in [0, 0.05) is 17.1 Å². The Labute approximate surface area is 154 Å². The smallest absolute Gasteiger partial charge is 0.00652 e. The van der Waals surface area contributed by atoms with Gasteiger partial charge in [-0.15, -0.1) is 0 Å². The van der Waals surface area contributed by atoms with Gasteiger partial charge in [-0.3, -0.25) is 0 Å². The van der Waals surface area contributed by atoms with Crippen LogP contribution in [0.5, 0.6) is 5.75 Å². The Morgan fingerprint density at radius 3 is 2.62 bits per heavy atom. The van der Waals surface area contributed by atoms with Gasteiger partial charge < -0.3 is 10.1 Å². The van der Waals surface area contributed by atoms with Gasteiger partial charge in [0.15, 0.2) is 0 Å². The molecule has 1 aromatic heterocycles. The van der Waals surface area contributed by atoms with E-state index in [0.29, 0.717) is 11.7 Å². The summed E-state index contributed by atoms with van der Waals surface area (Å²) in [6.07, 6.45) is 11.5. The van der Waals surface area contributed by atoms with Crippen molar-refractivity contribution >= 4 is 27.8 Å². The summed E-state index contributed by atoms with van der Waals surface area (Å²) in [5.74, 6) is 0.988. The van der Waals surface area contributed by atoms with Crippen LogP contribution in [0.15, 0.2) is 24.4 Å². The van der Waals surface area contributed by atoms with Crippen LogP contribution in [0.2, 0.25) is 5.21 Å². The summed E-state index contributed by atoms with van der Waals surface area (Å²) in [4.78, 5) is 6.00. The molecular formula is C20H29AsN2O. The van der Waals surface area contributed by atoms with Crippen molar-refractivity contribution in [2.75, 3.05) is 19.6 Å². The maximum Gasteiger partial charge on any atom is 0.00652 e. The molecule has 1 aromatic carbocycles. The number of likely N-dealkylation sites (tertiary alicyclic amines) is 1. The normalized spacial score (nSPS) is 16.9. The number of hydrogen-bond acceptors (Lipinski definition) is 2. The molecule has 1 saturated heterocycles. The van der Waals surface area contributed by atoms with Crippen molar-refractivity contribution in [1.82, 2.24) is 9.88 Å². The molecule has 3 nitrogen and oxygen atoms in total. The number of piperidine rings is 1. The Morgan fingerprint density at radius 1 is 1.08 bits per heavy atom. The number of aromatic amines is 1. The number of fused-ring (bicyclic) bond motifs is 1. The van der Waals surface area contributed by atoms with Crippen molar-refractivity contribution in [3.63, 3.8) is 0 Å². The second-order valence-electron chi connectivity index (χ2n) is 7.08. The van der Waals surface area contributed by atoms with Crippen LogP contribution < -0.4 is 0 Å². The van der Waals surface area contributed by atoms with Gasteiger partial charge in [-0.2, -0.15) is 0 Å². The summed E-state index contributed by atoms with van der Waals surface area (Å²) >= 11 is 2.68. The summed E-state index contributed by atoms with van der Waals surface area (Å²) in [6, 6.07) is 5.63. The average Bonchev–Trinajstić information content (AvgIpc) is 3.01. The third kappa shape index (κ3) is 4.58. The van der Waals surface area contributed by atoms with E-state index < -0.39 is 0 Å². The Kier molecular flexibility index (Phi) is 6.68. The molecule has 1 aliphatic heterocycles. The molecule has 0 bridgehead atoms. The van der Waals surface area contributed by atoms with Crippen LogP contribution in [0.4, 0.5) is 0 Å². The summed E-state index contributed by atoms with van der Waals surface area (Å²) in [7, 11) is 0. The zero-order valence-electron chi connectivity index (χ0n) is 14.5. The molecule has 1 aliphatic rings. The van der Waals surface area contributed by atoms with Gasteiger partial charge in [0.1, 0.15) is 5.75 Å². The predicted octanol–water partition coefficient (Wildman–Crippen LogP) is 4.59. The summed E-state index contributed by atoms with van der Waals surface area (Å²) in [6.45, 7) is 3.69. The predicted molar refractivity (Wildman–Crippen MR) is 102 cm³/mol. The number of aromatic nitrogens is 1. The summed E-state index contributed by atoms with van der Waals surface area (Å²) in [5, 5.41) is 12.2. The Balaban J connectivity index is 1.45. The molecule has 0 unspecified atom stereocenters. The van der Waals surface area contributed by atoms with Crippen molar-refractivity contribution in [2.24, 2.45) is 0 Å². The molecule has 3 rings (SSSR count). The van der Waals surface area contributed by atoms with Gasteiger partial charge >= 0.3 is 103 Å². The zero-order chi connectivity index (χ0) is 16.8. The molecule has 0 atom stereocenters. The first-order valence-corrected chi connectivity index (χ1v) is 10.7. The van der Waals surface area contributed by atoms with E-state index in [-0.39, 0.29) is 0 Å². The topological polar surface area (TPSA) is 39.3 Å². The maximum absolute atomic E-state index is 9.76. The van der Waals surface area contributed by atoms with E-state index in [4.69, 9.17) is 0 Å². The van der Waals surface area contributed by atoms with E-state index in [9.17, 15) is 5.11 Å². The van der Waals surface area contributed by atoms with Crippen LogP contribution >= 0.6 is 0 Å². The van der Waals surface area contributed by atoms with Crippen molar-refractivity contribution in [3.05, 3.63) is 30.0 Å². The molecule has 0 aliphatic carbocycles. The molecule has 130 valence electrons. The fourth-order valence-electron chi connectivity index (χ4n) is 3.91. The average molecular weight is 388 g/mol. The minimum absolute atomic E-state index is 0.364. The second-order valence-corrected chi connectivity index (χ2v) is 8.02. The van der Waals surface area contributed by atoms with Crippen molar-refractivity contribution < 1.29 is 5.11 Å². The van der Waals surface area contributed by atoms with E-state index in [1.165, 1.54) is 80.7 Å². The molecule has 0 spiro atoms. The van der Waals surface area contributed by atoms with Gasteiger partial charge in [-0.25, -0.2) is 0 Å². The van der Waals surface area contributed by atoms with Crippen LogP contribution in [-0.2, 0) is 0 Å². The number of nitrogens with zero attached hydrogens (tertiary/aromatic N) is 1. The third-order valence-corrected chi connectivity index (χ3v) is 6.02. The first-order valence-electron chi connectivity index (χ1n) is 9.41. The van der Waals surface area contributed by atoms with Crippen LogP contribution in [0, 0.1) is 0 Å². The molecule has 24 heavy (non-hydrogen) atoms. The number of nitrogens with one attached hydrogen (secondary N) is 1. The van der Waals surface area contributed by atoms with Crippen LogP contribution in [0.1, 0.15) is 56.4 Å². The quantitative estimate of drug-likeness (QED) is 0.513. The van der Waals surface area contributed by atoms with Gasteiger partial charge in [0.2, 0.25) is 0 Å². The van der Waals surface area contributed by atoms with Crippen molar-refractivity contribution in [3.8, 4) is 5.75 Å². The monoisotopic (exact) mass is 388 g/mol. The molecule has 1 fully saturated rings. The van der Waals surface area contributed by atoms with E-state index in [1.807, 2.05) is 12.1 Å². The van der Waals surface area contributed by atoms with Gasteiger partial charge in [0.05, 0.1) is 0 Å². The van der Waals surface area contributed by atoms with Crippen LogP contribution in [-0.4, -0.2) is 51.5 Å². The summed E-state index contributed by atoms with van der Waals surface area (Å²) < 4.78 is 0. The van der Waals surface area contributed by atoms with Crippen molar-refractivity contribution in [2.45, 2.75) is 56.1 Å². The van der Waals surface area contributed by atoms with E-state index in [0.717, 1.165) is 5.52 Å². The number of aromatic hydroxyl groups is 1. The Bertz CT molecular complexity index is 632. The van der Waals surface area contributed by atoms with Gasteiger partial charge in [0.25, 0.3) is 0 Å². The molecule has 2 heterocycles. The number of phenols is 1.